The molecule has 7 heteroatoms. The highest BCUT2D eigenvalue weighted by atomic mass is 32.1. The summed E-state index contributed by atoms with van der Waals surface area (Å²) < 4.78 is 0. The minimum Gasteiger partial charge on any atom is -0.345 e. The highest BCUT2D eigenvalue weighted by molar-refractivity contribution is 7.12. The number of para-hydroxylation sites is 2. The van der Waals surface area contributed by atoms with Gasteiger partial charge in [0, 0.05) is 0 Å². The SMILES string of the molecule is C[C@@H](NC(=O)CNC(=O)c1cccs1)c1nc2ccccc2[nH]1. The van der Waals surface area contributed by atoms with Gasteiger partial charge < -0.3 is 15.6 Å². The Morgan fingerprint density at radius 2 is 2.09 bits per heavy atom. The molecule has 1 aromatic carbocycles. The lowest BCUT2D eigenvalue weighted by atomic mass is 10.3. The smallest absolute Gasteiger partial charge is 0.261 e. The van der Waals surface area contributed by atoms with Crippen LogP contribution in [0.25, 0.3) is 11.0 Å². The van der Waals surface area contributed by atoms with Crippen molar-refractivity contribution in [3.63, 3.8) is 0 Å². The molecule has 0 aliphatic rings. The van der Waals surface area contributed by atoms with Crippen LogP contribution < -0.4 is 10.6 Å². The van der Waals surface area contributed by atoms with Crippen LogP contribution in [0.5, 0.6) is 0 Å². The van der Waals surface area contributed by atoms with Crippen LogP contribution in [0.4, 0.5) is 0 Å². The second kappa shape index (κ2) is 6.62. The molecule has 3 aromatic rings. The van der Waals surface area contributed by atoms with Crippen molar-refractivity contribution in [1.82, 2.24) is 20.6 Å². The van der Waals surface area contributed by atoms with Crippen LogP contribution in [0, 0.1) is 0 Å². The Hall–Kier alpha value is -2.67. The van der Waals surface area contributed by atoms with Crippen molar-refractivity contribution in [2.75, 3.05) is 6.54 Å². The predicted octanol–water partition coefficient (Wildman–Crippen LogP) is 2.23. The average Bonchev–Trinajstić information content (AvgIpc) is 3.21. The number of H-pyrrole nitrogens is 1. The normalized spacial score (nSPS) is 12.0. The lowest BCUT2D eigenvalue weighted by Crippen LogP contribution is -2.38. The average molecular weight is 328 g/mol. The first-order chi connectivity index (χ1) is 11.1. The van der Waals surface area contributed by atoms with E-state index in [4.69, 9.17) is 0 Å². The number of rotatable bonds is 5. The van der Waals surface area contributed by atoms with Gasteiger partial charge in [0.2, 0.25) is 5.91 Å². The molecular formula is C16H16N4O2S. The van der Waals surface area contributed by atoms with Crippen LogP contribution in [-0.4, -0.2) is 28.3 Å². The lowest BCUT2D eigenvalue weighted by Gasteiger charge is -2.11. The molecule has 3 N–H and O–H groups in total. The molecule has 2 heterocycles. The molecule has 118 valence electrons. The number of aromatic nitrogens is 2. The molecule has 0 unspecified atom stereocenters. The number of thiophene rings is 1. The highest BCUT2D eigenvalue weighted by Crippen LogP contribution is 2.15. The molecule has 0 aliphatic heterocycles. The summed E-state index contributed by atoms with van der Waals surface area (Å²) in [5, 5.41) is 7.23. The van der Waals surface area contributed by atoms with Gasteiger partial charge in [0.1, 0.15) is 5.82 Å². The van der Waals surface area contributed by atoms with E-state index in [1.165, 1.54) is 11.3 Å². The van der Waals surface area contributed by atoms with Crippen LogP contribution in [0.3, 0.4) is 0 Å². The molecule has 1 atom stereocenters. The number of nitrogens with zero attached hydrogens (tertiary/aromatic N) is 1. The van der Waals surface area contributed by atoms with Gasteiger partial charge in [0.05, 0.1) is 28.5 Å². The Labute approximate surface area is 136 Å². The van der Waals surface area contributed by atoms with Gasteiger partial charge in [-0.3, -0.25) is 9.59 Å². The third-order valence-electron chi connectivity index (χ3n) is 3.35. The monoisotopic (exact) mass is 328 g/mol. The molecule has 0 fully saturated rings. The summed E-state index contributed by atoms with van der Waals surface area (Å²) in [6.07, 6.45) is 0. The summed E-state index contributed by atoms with van der Waals surface area (Å²) in [7, 11) is 0. The highest BCUT2D eigenvalue weighted by Gasteiger charge is 2.14. The number of amides is 2. The molecule has 2 aromatic heterocycles. The van der Waals surface area contributed by atoms with Crippen molar-refractivity contribution in [1.29, 1.82) is 0 Å². The zero-order valence-electron chi connectivity index (χ0n) is 12.5. The number of aromatic amines is 1. The summed E-state index contributed by atoms with van der Waals surface area (Å²) in [4.78, 5) is 31.9. The number of carbonyl (C=O) groups is 2. The summed E-state index contributed by atoms with van der Waals surface area (Å²) in [5.74, 6) is 0.179. The van der Waals surface area contributed by atoms with Gasteiger partial charge in [0.15, 0.2) is 0 Å². The van der Waals surface area contributed by atoms with E-state index in [0.717, 1.165) is 11.0 Å². The maximum absolute atomic E-state index is 12.0. The Morgan fingerprint density at radius 3 is 2.83 bits per heavy atom. The van der Waals surface area contributed by atoms with Gasteiger partial charge in [0.25, 0.3) is 5.91 Å². The maximum Gasteiger partial charge on any atom is 0.261 e. The molecule has 2 amide bonds. The fourth-order valence-electron chi connectivity index (χ4n) is 2.19. The van der Waals surface area contributed by atoms with Crippen molar-refractivity contribution in [2.45, 2.75) is 13.0 Å². The quantitative estimate of drug-likeness (QED) is 0.671. The van der Waals surface area contributed by atoms with Crippen molar-refractivity contribution in [2.24, 2.45) is 0 Å². The van der Waals surface area contributed by atoms with E-state index in [1.807, 2.05) is 36.6 Å². The predicted molar refractivity (Wildman–Crippen MR) is 89.3 cm³/mol. The Morgan fingerprint density at radius 1 is 1.26 bits per heavy atom. The maximum atomic E-state index is 12.0. The van der Waals surface area contributed by atoms with Gasteiger partial charge >= 0.3 is 0 Å². The summed E-state index contributed by atoms with van der Waals surface area (Å²) >= 11 is 1.34. The topological polar surface area (TPSA) is 86.9 Å². The zero-order chi connectivity index (χ0) is 16.2. The minimum atomic E-state index is -0.270. The van der Waals surface area contributed by atoms with Gasteiger partial charge in [-0.25, -0.2) is 4.98 Å². The summed E-state index contributed by atoms with van der Waals surface area (Å²) in [6, 6.07) is 10.9. The van der Waals surface area contributed by atoms with Crippen LogP contribution in [0.2, 0.25) is 0 Å². The van der Waals surface area contributed by atoms with E-state index in [2.05, 4.69) is 20.6 Å². The van der Waals surface area contributed by atoms with Crippen molar-refractivity contribution >= 4 is 34.2 Å². The van der Waals surface area contributed by atoms with E-state index in [9.17, 15) is 9.59 Å². The van der Waals surface area contributed by atoms with Crippen LogP contribution in [0.15, 0.2) is 41.8 Å². The number of hydrogen-bond acceptors (Lipinski definition) is 4. The van der Waals surface area contributed by atoms with Crippen molar-refractivity contribution in [3.05, 3.63) is 52.5 Å². The number of hydrogen-bond donors (Lipinski definition) is 3. The number of nitrogens with one attached hydrogen (secondary N) is 3. The van der Waals surface area contributed by atoms with E-state index >= 15 is 0 Å². The molecular weight excluding hydrogens is 312 g/mol. The zero-order valence-corrected chi connectivity index (χ0v) is 13.3. The van der Waals surface area contributed by atoms with Crippen molar-refractivity contribution in [3.8, 4) is 0 Å². The second-order valence-corrected chi connectivity index (χ2v) is 6.04. The molecule has 0 spiro atoms. The van der Waals surface area contributed by atoms with Gasteiger partial charge in [-0.2, -0.15) is 0 Å². The Balaban J connectivity index is 1.55. The molecule has 0 bridgehead atoms. The Kier molecular flexibility index (Phi) is 4.38. The fourth-order valence-corrected chi connectivity index (χ4v) is 2.83. The number of fused-ring (bicyclic) bond motifs is 1. The van der Waals surface area contributed by atoms with E-state index in [0.29, 0.717) is 10.7 Å². The molecule has 0 radical (unpaired) electrons. The largest absolute Gasteiger partial charge is 0.345 e. The third-order valence-corrected chi connectivity index (χ3v) is 4.22. The first kappa shape index (κ1) is 15.2. The number of imidazole rings is 1. The molecule has 6 nitrogen and oxygen atoms in total. The van der Waals surface area contributed by atoms with Crippen LogP contribution in [0.1, 0.15) is 28.5 Å². The number of carbonyl (C=O) groups excluding carboxylic acids is 2. The fraction of sp³-hybridized carbons (Fsp3) is 0.188. The summed E-state index contributed by atoms with van der Waals surface area (Å²) in [6.45, 7) is 1.78. The third kappa shape index (κ3) is 3.57. The lowest BCUT2D eigenvalue weighted by molar-refractivity contribution is -0.120. The minimum absolute atomic E-state index is 0.0682. The standard InChI is InChI=1S/C16H16N4O2S/c1-10(15-19-11-5-2-3-6-12(11)20-15)18-14(21)9-17-16(22)13-7-4-8-23-13/h2-8,10H,9H2,1H3,(H,17,22)(H,18,21)(H,19,20)/t10-/m1/s1. The van der Waals surface area contributed by atoms with E-state index in [-0.39, 0.29) is 24.4 Å². The van der Waals surface area contributed by atoms with E-state index in [1.54, 1.807) is 12.1 Å². The van der Waals surface area contributed by atoms with Crippen LogP contribution in [-0.2, 0) is 4.79 Å². The molecule has 0 aliphatic carbocycles. The molecule has 0 saturated carbocycles. The van der Waals surface area contributed by atoms with Gasteiger partial charge in [-0.05, 0) is 30.5 Å². The van der Waals surface area contributed by atoms with Crippen molar-refractivity contribution < 1.29 is 9.59 Å². The Bertz CT molecular complexity index is 793. The van der Waals surface area contributed by atoms with Gasteiger partial charge in [-0.1, -0.05) is 18.2 Å². The summed E-state index contributed by atoms with van der Waals surface area (Å²) in [5.41, 5.74) is 1.78. The molecule has 0 saturated heterocycles. The second-order valence-electron chi connectivity index (χ2n) is 5.09. The molecule has 3 rings (SSSR count). The van der Waals surface area contributed by atoms with Crippen LogP contribution >= 0.6 is 11.3 Å². The van der Waals surface area contributed by atoms with Gasteiger partial charge in [-0.15, -0.1) is 11.3 Å². The number of benzene rings is 1. The first-order valence-corrected chi connectivity index (χ1v) is 8.07. The first-order valence-electron chi connectivity index (χ1n) is 7.19. The molecule has 23 heavy (non-hydrogen) atoms. The van der Waals surface area contributed by atoms with E-state index < -0.39 is 0 Å².